The van der Waals surface area contributed by atoms with Crippen molar-refractivity contribution in [1.82, 2.24) is 14.7 Å². The molecule has 0 unspecified atom stereocenters. The van der Waals surface area contributed by atoms with Crippen molar-refractivity contribution in [1.29, 1.82) is 0 Å². The molecule has 6 heteroatoms. The lowest BCUT2D eigenvalue weighted by Crippen LogP contribution is -2.47. The number of amides is 1. The van der Waals surface area contributed by atoms with Gasteiger partial charge in [-0.3, -0.25) is 9.48 Å². The SMILES string of the molecule is Cn1nc(C(=O)N2CCC3(CC2)OCCO3)c2ccccc21. The molecule has 2 saturated heterocycles. The first-order chi connectivity index (χ1) is 10.7. The highest BCUT2D eigenvalue weighted by molar-refractivity contribution is 6.04. The molecule has 22 heavy (non-hydrogen) atoms. The Bertz CT molecular complexity index is 708. The Morgan fingerprint density at radius 2 is 1.86 bits per heavy atom. The van der Waals surface area contributed by atoms with Crippen molar-refractivity contribution in [3.63, 3.8) is 0 Å². The van der Waals surface area contributed by atoms with Crippen molar-refractivity contribution < 1.29 is 14.3 Å². The number of rotatable bonds is 1. The maximum absolute atomic E-state index is 12.8. The van der Waals surface area contributed by atoms with E-state index in [1.807, 2.05) is 36.2 Å². The molecule has 2 fully saturated rings. The summed E-state index contributed by atoms with van der Waals surface area (Å²) in [6.07, 6.45) is 1.45. The fourth-order valence-corrected chi connectivity index (χ4v) is 3.36. The molecule has 0 aliphatic carbocycles. The van der Waals surface area contributed by atoms with Gasteiger partial charge < -0.3 is 14.4 Å². The maximum Gasteiger partial charge on any atom is 0.275 e. The molecule has 1 aromatic heterocycles. The van der Waals surface area contributed by atoms with Crippen molar-refractivity contribution in [2.45, 2.75) is 18.6 Å². The fraction of sp³-hybridized carbons (Fsp3) is 0.500. The number of carbonyl (C=O) groups is 1. The molecule has 2 aliphatic rings. The highest BCUT2D eigenvalue weighted by atomic mass is 16.7. The standard InChI is InChI=1S/C16H19N3O3/c1-18-13-5-3-2-4-12(13)14(17-18)15(20)19-8-6-16(7-9-19)21-10-11-22-16/h2-5H,6-11H2,1H3. The van der Waals surface area contributed by atoms with Crippen molar-refractivity contribution in [3.05, 3.63) is 30.0 Å². The lowest BCUT2D eigenvalue weighted by atomic mass is 10.0. The number of para-hydroxylation sites is 1. The number of aromatic nitrogens is 2. The van der Waals surface area contributed by atoms with Crippen LogP contribution >= 0.6 is 0 Å². The van der Waals surface area contributed by atoms with Crippen LogP contribution in [-0.2, 0) is 16.5 Å². The van der Waals surface area contributed by atoms with E-state index in [0.717, 1.165) is 23.7 Å². The van der Waals surface area contributed by atoms with Gasteiger partial charge in [-0.1, -0.05) is 18.2 Å². The van der Waals surface area contributed by atoms with Crippen LogP contribution in [0.5, 0.6) is 0 Å². The van der Waals surface area contributed by atoms with Gasteiger partial charge in [-0.2, -0.15) is 5.10 Å². The molecule has 0 N–H and O–H groups in total. The van der Waals surface area contributed by atoms with Crippen LogP contribution in [0.3, 0.4) is 0 Å². The Kier molecular flexibility index (Phi) is 3.16. The Labute approximate surface area is 128 Å². The summed E-state index contributed by atoms with van der Waals surface area (Å²) >= 11 is 0. The topological polar surface area (TPSA) is 56.6 Å². The van der Waals surface area contributed by atoms with E-state index in [2.05, 4.69) is 5.10 Å². The average Bonchev–Trinajstić information content (AvgIpc) is 3.13. The van der Waals surface area contributed by atoms with E-state index in [1.54, 1.807) is 4.68 Å². The zero-order valence-corrected chi connectivity index (χ0v) is 12.6. The summed E-state index contributed by atoms with van der Waals surface area (Å²) in [5, 5.41) is 5.32. The van der Waals surface area contributed by atoms with Gasteiger partial charge in [0.2, 0.25) is 0 Å². The van der Waals surface area contributed by atoms with Gasteiger partial charge in [0.1, 0.15) is 0 Å². The number of piperidine rings is 1. The van der Waals surface area contributed by atoms with Gasteiger partial charge in [-0.05, 0) is 6.07 Å². The molecule has 4 rings (SSSR count). The van der Waals surface area contributed by atoms with Crippen molar-refractivity contribution in [3.8, 4) is 0 Å². The molecule has 0 radical (unpaired) electrons. The summed E-state index contributed by atoms with van der Waals surface area (Å²) in [7, 11) is 1.87. The molecule has 6 nitrogen and oxygen atoms in total. The van der Waals surface area contributed by atoms with E-state index in [-0.39, 0.29) is 5.91 Å². The quantitative estimate of drug-likeness (QED) is 0.802. The van der Waals surface area contributed by atoms with Crippen molar-refractivity contribution in [2.24, 2.45) is 7.05 Å². The highest BCUT2D eigenvalue weighted by Gasteiger charge is 2.41. The third-order valence-electron chi connectivity index (χ3n) is 4.59. The maximum atomic E-state index is 12.8. The molecule has 116 valence electrons. The van der Waals surface area contributed by atoms with Gasteiger partial charge in [0.15, 0.2) is 11.5 Å². The van der Waals surface area contributed by atoms with Gasteiger partial charge in [-0.15, -0.1) is 0 Å². The van der Waals surface area contributed by atoms with Crippen LogP contribution < -0.4 is 0 Å². The van der Waals surface area contributed by atoms with Crippen molar-refractivity contribution in [2.75, 3.05) is 26.3 Å². The minimum absolute atomic E-state index is 0.00959. The fourth-order valence-electron chi connectivity index (χ4n) is 3.36. The normalized spacial score (nSPS) is 20.9. The van der Waals surface area contributed by atoms with Crippen LogP contribution in [0.1, 0.15) is 23.3 Å². The van der Waals surface area contributed by atoms with E-state index in [4.69, 9.17) is 9.47 Å². The van der Waals surface area contributed by atoms with Crippen LogP contribution in [0.15, 0.2) is 24.3 Å². The zero-order valence-electron chi connectivity index (χ0n) is 12.6. The first kappa shape index (κ1) is 13.7. The third-order valence-corrected chi connectivity index (χ3v) is 4.59. The van der Waals surface area contributed by atoms with Crippen LogP contribution in [0.25, 0.3) is 10.9 Å². The number of carbonyl (C=O) groups excluding carboxylic acids is 1. The van der Waals surface area contributed by atoms with Gasteiger partial charge in [0, 0.05) is 38.4 Å². The van der Waals surface area contributed by atoms with Gasteiger partial charge in [0.05, 0.1) is 18.7 Å². The largest absolute Gasteiger partial charge is 0.347 e. The average molecular weight is 301 g/mol. The van der Waals surface area contributed by atoms with Crippen LogP contribution in [-0.4, -0.2) is 52.7 Å². The van der Waals surface area contributed by atoms with E-state index in [9.17, 15) is 4.79 Å². The lowest BCUT2D eigenvalue weighted by molar-refractivity contribution is -0.181. The minimum atomic E-state index is -0.455. The van der Waals surface area contributed by atoms with Crippen LogP contribution in [0, 0.1) is 0 Å². The van der Waals surface area contributed by atoms with E-state index in [0.29, 0.717) is 32.0 Å². The Hall–Kier alpha value is -1.92. The smallest absolute Gasteiger partial charge is 0.275 e. The van der Waals surface area contributed by atoms with E-state index < -0.39 is 5.79 Å². The van der Waals surface area contributed by atoms with Gasteiger partial charge in [-0.25, -0.2) is 0 Å². The Balaban J connectivity index is 1.57. The summed E-state index contributed by atoms with van der Waals surface area (Å²) in [6.45, 7) is 2.59. The van der Waals surface area contributed by atoms with Crippen LogP contribution in [0.2, 0.25) is 0 Å². The monoisotopic (exact) mass is 301 g/mol. The molecule has 0 atom stereocenters. The molecule has 2 aliphatic heterocycles. The van der Waals surface area contributed by atoms with E-state index >= 15 is 0 Å². The van der Waals surface area contributed by atoms with Crippen molar-refractivity contribution >= 4 is 16.8 Å². The highest BCUT2D eigenvalue weighted by Crippen LogP contribution is 2.32. The second kappa shape index (κ2) is 5.07. The van der Waals surface area contributed by atoms with Gasteiger partial charge >= 0.3 is 0 Å². The number of aryl methyl sites for hydroxylation is 1. The molecule has 1 aromatic carbocycles. The third kappa shape index (κ3) is 2.10. The second-order valence-corrected chi connectivity index (χ2v) is 5.89. The summed E-state index contributed by atoms with van der Waals surface area (Å²) in [5.41, 5.74) is 1.50. The molecular weight excluding hydrogens is 282 g/mol. The number of likely N-dealkylation sites (tertiary alicyclic amines) is 1. The lowest BCUT2D eigenvalue weighted by Gasteiger charge is -2.37. The summed E-state index contributed by atoms with van der Waals surface area (Å²) in [4.78, 5) is 14.7. The molecule has 0 saturated carbocycles. The number of hydrogen-bond donors (Lipinski definition) is 0. The predicted octanol–water partition coefficient (Wildman–Crippen LogP) is 1.55. The number of nitrogens with zero attached hydrogens (tertiary/aromatic N) is 3. The first-order valence-electron chi connectivity index (χ1n) is 7.67. The summed E-state index contributed by atoms with van der Waals surface area (Å²) in [6, 6.07) is 7.82. The molecule has 0 bridgehead atoms. The number of hydrogen-bond acceptors (Lipinski definition) is 4. The summed E-state index contributed by atoms with van der Waals surface area (Å²) in [5.74, 6) is -0.465. The first-order valence-corrected chi connectivity index (χ1v) is 7.67. The molecule has 3 heterocycles. The van der Waals surface area contributed by atoms with Crippen LogP contribution in [0.4, 0.5) is 0 Å². The number of benzene rings is 1. The number of fused-ring (bicyclic) bond motifs is 1. The predicted molar refractivity (Wildman–Crippen MR) is 80.5 cm³/mol. The molecule has 1 spiro atoms. The zero-order chi connectivity index (χ0) is 15.2. The number of ether oxygens (including phenoxy) is 2. The van der Waals surface area contributed by atoms with E-state index in [1.165, 1.54) is 0 Å². The Morgan fingerprint density at radius 1 is 1.18 bits per heavy atom. The molecule has 2 aromatic rings. The Morgan fingerprint density at radius 3 is 2.59 bits per heavy atom. The molecular formula is C16H19N3O3. The minimum Gasteiger partial charge on any atom is -0.347 e. The second-order valence-electron chi connectivity index (χ2n) is 5.89. The van der Waals surface area contributed by atoms with Gasteiger partial charge in [0.25, 0.3) is 5.91 Å². The summed E-state index contributed by atoms with van der Waals surface area (Å²) < 4.78 is 13.2. The molecule has 1 amide bonds.